The minimum Gasteiger partial charge on any atom is -0.444 e. The second kappa shape index (κ2) is 11.2. The Morgan fingerprint density at radius 2 is 1.93 bits per heavy atom. The normalized spacial score (nSPS) is 21.8. The summed E-state index contributed by atoms with van der Waals surface area (Å²) in [4.78, 5) is 37.0. The van der Waals surface area contributed by atoms with Crippen LogP contribution in [0.25, 0.3) is 21.9 Å². The number of carbonyl (C=O) groups excluding carboxylic acids is 2. The van der Waals surface area contributed by atoms with Gasteiger partial charge in [0.1, 0.15) is 11.0 Å². The number of β-amino-alcohol motifs (C(OH)–C–C–N with tert-alkyl or cyclic N) is 1. The Morgan fingerprint density at radius 1 is 1.18 bits per heavy atom. The van der Waals surface area contributed by atoms with Gasteiger partial charge in [0.15, 0.2) is 5.82 Å². The fourth-order valence-corrected chi connectivity index (χ4v) is 6.61. The van der Waals surface area contributed by atoms with Gasteiger partial charge in [-0.1, -0.05) is 6.92 Å². The SMILES string of the molecule is Cc1ccncc1-c1cc2cc(C3(C(N)=O)C(C)C3c3cnn(CCN4CC(O)C4)c3)ncc2c(NC(=O)OC(C)(C)C)c1F. The third kappa shape index (κ3) is 5.53. The van der Waals surface area contributed by atoms with Crippen LogP contribution in [0.5, 0.6) is 0 Å². The van der Waals surface area contributed by atoms with Gasteiger partial charge in [-0.25, -0.2) is 9.18 Å². The Bertz CT molecular complexity index is 1800. The fraction of sp³-hybridized carbons (Fsp3) is 0.424. The molecule has 3 atom stereocenters. The number of ether oxygens (including phenoxy) is 1. The zero-order valence-corrected chi connectivity index (χ0v) is 26.0. The molecule has 2 aliphatic rings. The summed E-state index contributed by atoms with van der Waals surface area (Å²) in [6.07, 6.45) is 7.30. The van der Waals surface area contributed by atoms with E-state index in [1.807, 2.05) is 24.7 Å². The number of carbonyl (C=O) groups is 2. The molecule has 2 fully saturated rings. The number of aliphatic hydroxyl groups excluding tert-OH is 1. The van der Waals surface area contributed by atoms with Gasteiger partial charge in [-0.2, -0.15) is 5.10 Å². The second-order valence-electron chi connectivity index (χ2n) is 13.2. The first kappa shape index (κ1) is 30.6. The quantitative estimate of drug-likeness (QED) is 0.268. The third-order valence-corrected chi connectivity index (χ3v) is 8.94. The molecule has 0 bridgehead atoms. The summed E-state index contributed by atoms with van der Waals surface area (Å²) in [7, 11) is 0. The number of pyridine rings is 2. The number of rotatable bonds is 8. The molecular formula is C33H38FN7O4. The molecule has 2 amide bonds. The first-order valence-electron chi connectivity index (χ1n) is 15.1. The molecule has 6 rings (SSSR count). The van der Waals surface area contributed by atoms with Gasteiger partial charge < -0.3 is 15.6 Å². The van der Waals surface area contributed by atoms with Crippen molar-refractivity contribution in [2.75, 3.05) is 25.0 Å². The molecule has 12 heteroatoms. The standard InChI is InChI=1S/C33H38FN7O4/c1-18-6-7-36-13-24(18)23-10-20-11-26(37-14-25(20)29(28(23)34)39-31(44)45-32(3,4)5)33(30(35)43)19(2)27(33)21-12-38-41(15-21)9-8-40-16-22(42)17-40/h6-7,10-15,19,22,27,42H,8-9,16-17H2,1-5H3,(H2,35,43)(H,39,44). The Kier molecular flexibility index (Phi) is 7.60. The van der Waals surface area contributed by atoms with E-state index >= 15 is 4.39 Å². The molecule has 1 aliphatic carbocycles. The molecule has 45 heavy (non-hydrogen) atoms. The monoisotopic (exact) mass is 615 g/mol. The van der Waals surface area contributed by atoms with E-state index in [2.05, 4.69) is 25.3 Å². The predicted octanol–water partition coefficient (Wildman–Crippen LogP) is 4.12. The van der Waals surface area contributed by atoms with Crippen molar-refractivity contribution in [2.24, 2.45) is 11.7 Å². The number of aliphatic hydroxyl groups is 1. The molecule has 0 spiro atoms. The number of anilines is 1. The molecule has 1 aliphatic heterocycles. The average Bonchev–Trinajstić information content (AvgIpc) is 3.32. The first-order valence-corrected chi connectivity index (χ1v) is 15.1. The van der Waals surface area contributed by atoms with Gasteiger partial charge in [-0.15, -0.1) is 0 Å². The highest BCUT2D eigenvalue weighted by molar-refractivity contribution is 6.04. The lowest BCUT2D eigenvalue weighted by Gasteiger charge is -2.35. The van der Waals surface area contributed by atoms with E-state index < -0.39 is 28.8 Å². The summed E-state index contributed by atoms with van der Waals surface area (Å²) in [6.45, 7) is 11.7. The number of hydrogen-bond donors (Lipinski definition) is 3. The fourth-order valence-electron chi connectivity index (χ4n) is 6.61. The molecule has 11 nitrogen and oxygen atoms in total. The Labute approximate surface area is 260 Å². The van der Waals surface area contributed by atoms with Gasteiger partial charge in [0.05, 0.1) is 30.2 Å². The van der Waals surface area contributed by atoms with Crippen molar-refractivity contribution < 1.29 is 23.8 Å². The number of nitrogens with zero attached hydrogens (tertiary/aromatic N) is 5. The highest BCUT2D eigenvalue weighted by atomic mass is 19.1. The number of nitrogens with one attached hydrogen (secondary N) is 1. The summed E-state index contributed by atoms with van der Waals surface area (Å²) in [5, 5.41) is 17.6. The van der Waals surface area contributed by atoms with Crippen molar-refractivity contribution in [1.29, 1.82) is 0 Å². The molecule has 1 aromatic carbocycles. The largest absolute Gasteiger partial charge is 0.444 e. The molecule has 236 valence electrons. The van der Waals surface area contributed by atoms with Crippen LogP contribution < -0.4 is 11.1 Å². The molecule has 0 radical (unpaired) electrons. The summed E-state index contributed by atoms with van der Waals surface area (Å²) in [5.74, 6) is -1.57. The van der Waals surface area contributed by atoms with Crippen LogP contribution in [0, 0.1) is 18.7 Å². The average molecular weight is 616 g/mol. The van der Waals surface area contributed by atoms with Crippen LogP contribution in [0.15, 0.2) is 49.2 Å². The van der Waals surface area contributed by atoms with Gasteiger partial charge in [0.2, 0.25) is 5.91 Å². The molecule has 1 saturated carbocycles. The number of fused-ring (bicyclic) bond motifs is 1. The molecule has 1 saturated heterocycles. The number of nitrogens with two attached hydrogens (primary N) is 1. The van der Waals surface area contributed by atoms with E-state index in [1.54, 1.807) is 57.6 Å². The maximum absolute atomic E-state index is 16.2. The number of hydrogen-bond acceptors (Lipinski definition) is 8. The van der Waals surface area contributed by atoms with Gasteiger partial charge in [0.25, 0.3) is 0 Å². The number of likely N-dealkylation sites (tertiary alicyclic amines) is 1. The van der Waals surface area contributed by atoms with E-state index in [9.17, 15) is 14.7 Å². The van der Waals surface area contributed by atoms with E-state index in [0.29, 0.717) is 41.7 Å². The molecule has 4 heterocycles. The van der Waals surface area contributed by atoms with E-state index in [-0.39, 0.29) is 29.2 Å². The Balaban J connectivity index is 1.39. The maximum Gasteiger partial charge on any atom is 0.412 e. The van der Waals surface area contributed by atoms with Gasteiger partial charge in [-0.05, 0) is 68.3 Å². The van der Waals surface area contributed by atoms with Crippen LogP contribution in [-0.4, -0.2) is 73.1 Å². The van der Waals surface area contributed by atoms with Crippen molar-refractivity contribution in [3.8, 4) is 11.1 Å². The van der Waals surface area contributed by atoms with Gasteiger partial charge in [-0.3, -0.25) is 29.7 Å². The van der Waals surface area contributed by atoms with Crippen LogP contribution in [0.3, 0.4) is 0 Å². The number of aryl methyl sites for hydroxylation is 1. The highest BCUT2D eigenvalue weighted by Gasteiger charge is 2.69. The summed E-state index contributed by atoms with van der Waals surface area (Å²) in [6, 6.07) is 5.22. The smallest absolute Gasteiger partial charge is 0.412 e. The number of amides is 2. The summed E-state index contributed by atoms with van der Waals surface area (Å²) >= 11 is 0. The number of benzene rings is 1. The van der Waals surface area contributed by atoms with Crippen LogP contribution >= 0.6 is 0 Å². The van der Waals surface area contributed by atoms with Crippen molar-refractivity contribution in [3.63, 3.8) is 0 Å². The van der Waals surface area contributed by atoms with E-state index in [4.69, 9.17) is 10.5 Å². The van der Waals surface area contributed by atoms with Crippen molar-refractivity contribution >= 4 is 28.5 Å². The lowest BCUT2D eigenvalue weighted by atomic mass is 9.91. The number of halogens is 1. The summed E-state index contributed by atoms with van der Waals surface area (Å²) < 4.78 is 23.5. The maximum atomic E-state index is 16.2. The molecule has 4 aromatic rings. The van der Waals surface area contributed by atoms with Crippen LogP contribution in [0.2, 0.25) is 0 Å². The zero-order chi connectivity index (χ0) is 32.3. The lowest BCUT2D eigenvalue weighted by molar-refractivity contribution is -0.121. The highest BCUT2D eigenvalue weighted by Crippen LogP contribution is 2.65. The van der Waals surface area contributed by atoms with Gasteiger partial charge in [0, 0.05) is 66.9 Å². The third-order valence-electron chi connectivity index (χ3n) is 8.94. The first-order chi connectivity index (χ1) is 21.3. The van der Waals surface area contributed by atoms with E-state index in [0.717, 1.165) is 17.7 Å². The Morgan fingerprint density at radius 3 is 2.60 bits per heavy atom. The van der Waals surface area contributed by atoms with Crippen LogP contribution in [-0.2, 0) is 21.5 Å². The predicted molar refractivity (Wildman–Crippen MR) is 167 cm³/mol. The van der Waals surface area contributed by atoms with Crippen LogP contribution in [0.1, 0.15) is 50.4 Å². The topological polar surface area (TPSA) is 148 Å². The number of aromatic nitrogens is 4. The molecule has 3 unspecified atom stereocenters. The summed E-state index contributed by atoms with van der Waals surface area (Å²) in [5.41, 5.74) is 7.08. The zero-order valence-electron chi connectivity index (χ0n) is 26.0. The van der Waals surface area contributed by atoms with E-state index in [1.165, 1.54) is 6.20 Å². The lowest BCUT2D eigenvalue weighted by Crippen LogP contribution is -2.51. The van der Waals surface area contributed by atoms with Gasteiger partial charge >= 0.3 is 6.09 Å². The van der Waals surface area contributed by atoms with Crippen molar-refractivity contribution in [1.82, 2.24) is 24.6 Å². The minimum atomic E-state index is -1.10. The molecular weight excluding hydrogens is 577 g/mol. The van der Waals surface area contributed by atoms with Crippen LogP contribution in [0.4, 0.5) is 14.9 Å². The Hall–Kier alpha value is -4.42. The second-order valence-corrected chi connectivity index (χ2v) is 13.2. The van der Waals surface area contributed by atoms with Crippen molar-refractivity contribution in [3.05, 3.63) is 71.8 Å². The number of primary amides is 1. The molecule has 4 N–H and O–H groups in total. The van der Waals surface area contributed by atoms with Crippen molar-refractivity contribution in [2.45, 2.75) is 64.2 Å². The molecule has 3 aromatic heterocycles. The minimum absolute atomic E-state index is 0.0800.